The number of fused-ring (bicyclic) bond motifs is 1. The van der Waals surface area contributed by atoms with E-state index in [-0.39, 0.29) is 12.5 Å². The maximum absolute atomic E-state index is 12.1. The standard InChI is InChI=1S/C14H18BrN3O2/c15-11-1-2-13-12(9-11)18(14(19)10-20-13)8-7-17-5-3-16-4-6-17/h1-2,9,16H,3-8,10H2. The first-order chi connectivity index (χ1) is 9.74. The summed E-state index contributed by atoms with van der Waals surface area (Å²) in [6.45, 7) is 5.90. The van der Waals surface area contributed by atoms with Crippen LogP contribution in [0.25, 0.3) is 0 Å². The summed E-state index contributed by atoms with van der Waals surface area (Å²) in [7, 11) is 0. The fourth-order valence-electron chi connectivity index (χ4n) is 2.60. The van der Waals surface area contributed by atoms with Crippen molar-refractivity contribution in [1.29, 1.82) is 0 Å². The summed E-state index contributed by atoms with van der Waals surface area (Å²) in [5, 5.41) is 3.34. The molecule has 1 amide bonds. The van der Waals surface area contributed by atoms with E-state index in [1.165, 1.54) is 0 Å². The van der Waals surface area contributed by atoms with Gasteiger partial charge >= 0.3 is 0 Å². The Bertz CT molecular complexity index is 503. The van der Waals surface area contributed by atoms with Crippen LogP contribution in [0.1, 0.15) is 0 Å². The van der Waals surface area contributed by atoms with Crippen molar-refractivity contribution >= 4 is 27.5 Å². The number of carbonyl (C=O) groups is 1. The van der Waals surface area contributed by atoms with Crippen molar-refractivity contribution < 1.29 is 9.53 Å². The van der Waals surface area contributed by atoms with E-state index in [4.69, 9.17) is 4.74 Å². The number of nitrogens with one attached hydrogen (secondary N) is 1. The number of nitrogens with zero attached hydrogens (tertiary/aromatic N) is 2. The van der Waals surface area contributed by atoms with Crippen molar-refractivity contribution in [3.63, 3.8) is 0 Å². The monoisotopic (exact) mass is 339 g/mol. The molecule has 1 saturated heterocycles. The molecule has 0 atom stereocenters. The normalized spacial score (nSPS) is 19.6. The van der Waals surface area contributed by atoms with Crippen LogP contribution in [-0.4, -0.2) is 56.7 Å². The molecule has 1 aromatic carbocycles. The minimum absolute atomic E-state index is 0.0331. The molecule has 20 heavy (non-hydrogen) atoms. The molecule has 0 aromatic heterocycles. The summed E-state index contributed by atoms with van der Waals surface area (Å²) < 4.78 is 6.44. The van der Waals surface area contributed by atoms with Crippen molar-refractivity contribution in [3.8, 4) is 5.75 Å². The lowest BCUT2D eigenvalue weighted by Gasteiger charge is -2.33. The van der Waals surface area contributed by atoms with Crippen molar-refractivity contribution in [2.45, 2.75) is 0 Å². The Morgan fingerprint density at radius 1 is 1.25 bits per heavy atom. The van der Waals surface area contributed by atoms with Crippen LogP contribution in [-0.2, 0) is 4.79 Å². The number of ether oxygens (including phenoxy) is 1. The molecule has 0 unspecified atom stereocenters. The first-order valence-electron chi connectivity index (χ1n) is 6.90. The molecule has 0 bridgehead atoms. The summed E-state index contributed by atoms with van der Waals surface area (Å²) in [6.07, 6.45) is 0. The number of amides is 1. The first-order valence-corrected chi connectivity index (χ1v) is 7.69. The molecule has 2 heterocycles. The maximum atomic E-state index is 12.1. The number of halogens is 1. The largest absolute Gasteiger partial charge is 0.482 e. The molecule has 0 spiro atoms. The molecule has 0 radical (unpaired) electrons. The van der Waals surface area contributed by atoms with Gasteiger partial charge in [0.1, 0.15) is 5.75 Å². The van der Waals surface area contributed by atoms with Crippen LogP contribution in [0.15, 0.2) is 22.7 Å². The number of hydrogen-bond acceptors (Lipinski definition) is 4. The zero-order valence-electron chi connectivity index (χ0n) is 11.3. The van der Waals surface area contributed by atoms with Gasteiger partial charge in [-0.15, -0.1) is 0 Å². The Morgan fingerprint density at radius 2 is 2.05 bits per heavy atom. The molecule has 3 rings (SSSR count). The highest BCUT2D eigenvalue weighted by Crippen LogP contribution is 2.34. The Morgan fingerprint density at radius 3 is 2.85 bits per heavy atom. The third kappa shape index (κ3) is 2.97. The van der Waals surface area contributed by atoms with E-state index in [0.29, 0.717) is 6.54 Å². The average molecular weight is 340 g/mol. The van der Waals surface area contributed by atoms with Gasteiger partial charge in [-0.3, -0.25) is 9.69 Å². The van der Waals surface area contributed by atoms with Gasteiger partial charge in [0.2, 0.25) is 0 Å². The lowest BCUT2D eigenvalue weighted by molar-refractivity contribution is -0.121. The fourth-order valence-corrected chi connectivity index (χ4v) is 2.95. The van der Waals surface area contributed by atoms with Gasteiger partial charge < -0.3 is 15.0 Å². The molecule has 0 saturated carbocycles. The van der Waals surface area contributed by atoms with E-state index >= 15 is 0 Å². The average Bonchev–Trinajstić information content (AvgIpc) is 2.47. The second-order valence-electron chi connectivity index (χ2n) is 5.04. The molecule has 6 heteroatoms. The third-order valence-corrected chi connectivity index (χ3v) is 4.21. The minimum Gasteiger partial charge on any atom is -0.482 e. The molecular weight excluding hydrogens is 322 g/mol. The van der Waals surface area contributed by atoms with Gasteiger partial charge in [0.05, 0.1) is 5.69 Å². The maximum Gasteiger partial charge on any atom is 0.265 e. The number of rotatable bonds is 3. The molecule has 1 fully saturated rings. The molecule has 108 valence electrons. The SMILES string of the molecule is O=C1COc2ccc(Br)cc2N1CCN1CCNCC1. The van der Waals surface area contributed by atoms with Gasteiger partial charge in [-0.25, -0.2) is 0 Å². The van der Waals surface area contributed by atoms with E-state index in [2.05, 4.69) is 26.1 Å². The van der Waals surface area contributed by atoms with Gasteiger partial charge in [-0.05, 0) is 18.2 Å². The number of anilines is 1. The topological polar surface area (TPSA) is 44.8 Å². The smallest absolute Gasteiger partial charge is 0.265 e. The third-order valence-electron chi connectivity index (χ3n) is 3.71. The summed E-state index contributed by atoms with van der Waals surface area (Å²) in [5.41, 5.74) is 0.866. The second-order valence-corrected chi connectivity index (χ2v) is 5.95. The Balaban J connectivity index is 1.71. The Labute approximate surface area is 127 Å². The molecule has 2 aliphatic heterocycles. The summed E-state index contributed by atoms with van der Waals surface area (Å²) >= 11 is 3.45. The van der Waals surface area contributed by atoms with Crippen molar-refractivity contribution in [1.82, 2.24) is 10.2 Å². The molecule has 1 N–H and O–H groups in total. The number of benzene rings is 1. The quantitative estimate of drug-likeness (QED) is 0.895. The van der Waals surface area contributed by atoms with E-state index in [1.54, 1.807) is 0 Å². The molecule has 0 aliphatic carbocycles. The summed E-state index contributed by atoms with van der Waals surface area (Å²) in [5.74, 6) is 0.818. The van der Waals surface area contributed by atoms with Gasteiger partial charge in [-0.1, -0.05) is 15.9 Å². The zero-order chi connectivity index (χ0) is 13.9. The molecular formula is C14H18BrN3O2. The van der Waals surface area contributed by atoms with Crippen LogP contribution in [0.5, 0.6) is 5.75 Å². The van der Waals surface area contributed by atoms with E-state index in [9.17, 15) is 4.79 Å². The Kier molecular flexibility index (Phi) is 4.24. The van der Waals surface area contributed by atoms with Crippen LogP contribution < -0.4 is 15.0 Å². The molecule has 1 aromatic rings. The van der Waals surface area contributed by atoms with Crippen molar-refractivity contribution in [2.75, 3.05) is 50.8 Å². The molecule has 2 aliphatic rings. The van der Waals surface area contributed by atoms with E-state index < -0.39 is 0 Å². The van der Waals surface area contributed by atoms with E-state index in [0.717, 1.165) is 48.6 Å². The lowest BCUT2D eigenvalue weighted by Crippen LogP contribution is -2.48. The van der Waals surface area contributed by atoms with Crippen LogP contribution >= 0.6 is 15.9 Å². The van der Waals surface area contributed by atoms with Crippen LogP contribution in [0.4, 0.5) is 5.69 Å². The first kappa shape index (κ1) is 13.9. The van der Waals surface area contributed by atoms with Gasteiger partial charge in [0.25, 0.3) is 5.91 Å². The summed E-state index contributed by atoms with van der Waals surface area (Å²) in [4.78, 5) is 16.3. The Hall–Kier alpha value is -1.11. The molecule has 5 nitrogen and oxygen atoms in total. The van der Waals surface area contributed by atoms with Crippen molar-refractivity contribution in [2.24, 2.45) is 0 Å². The van der Waals surface area contributed by atoms with Crippen LogP contribution in [0, 0.1) is 0 Å². The highest BCUT2D eigenvalue weighted by Gasteiger charge is 2.26. The van der Waals surface area contributed by atoms with Crippen LogP contribution in [0.3, 0.4) is 0 Å². The fraction of sp³-hybridized carbons (Fsp3) is 0.500. The predicted molar refractivity (Wildman–Crippen MR) is 81.3 cm³/mol. The van der Waals surface area contributed by atoms with Gasteiger partial charge in [-0.2, -0.15) is 0 Å². The highest BCUT2D eigenvalue weighted by molar-refractivity contribution is 9.10. The van der Waals surface area contributed by atoms with Crippen molar-refractivity contribution in [3.05, 3.63) is 22.7 Å². The van der Waals surface area contributed by atoms with Gasteiger partial charge in [0.15, 0.2) is 6.61 Å². The van der Waals surface area contributed by atoms with E-state index in [1.807, 2.05) is 23.1 Å². The summed E-state index contributed by atoms with van der Waals surface area (Å²) in [6, 6.07) is 5.79. The number of carbonyl (C=O) groups excluding carboxylic acids is 1. The van der Waals surface area contributed by atoms with Gasteiger partial charge in [0, 0.05) is 43.7 Å². The second kappa shape index (κ2) is 6.11. The van der Waals surface area contributed by atoms with Crippen LogP contribution in [0.2, 0.25) is 0 Å². The number of piperazine rings is 1. The lowest BCUT2D eigenvalue weighted by atomic mass is 10.2. The zero-order valence-corrected chi connectivity index (χ0v) is 12.9. The highest BCUT2D eigenvalue weighted by atomic mass is 79.9. The predicted octanol–water partition coefficient (Wildman–Crippen LogP) is 1.08. The number of hydrogen-bond donors (Lipinski definition) is 1. The minimum atomic E-state index is 0.0331.